The molecule has 0 aliphatic carbocycles. The number of nitrogens with zero attached hydrogens (tertiary/aromatic N) is 3. The van der Waals surface area contributed by atoms with Crippen LogP contribution in [0.2, 0.25) is 5.02 Å². The van der Waals surface area contributed by atoms with E-state index in [4.69, 9.17) is 16.3 Å². The summed E-state index contributed by atoms with van der Waals surface area (Å²) in [6.07, 6.45) is 3.20. The number of nitrogens with one attached hydrogen (secondary N) is 1. The quantitative estimate of drug-likeness (QED) is 0.397. The van der Waals surface area contributed by atoms with Gasteiger partial charge in [-0.05, 0) is 36.8 Å². The van der Waals surface area contributed by atoms with E-state index in [1.165, 1.54) is 32.7 Å². The topological polar surface area (TPSA) is 115 Å². The molecule has 0 unspecified atom stereocenters. The van der Waals surface area contributed by atoms with Gasteiger partial charge in [0.2, 0.25) is 0 Å². The number of carbonyl (C=O) groups is 1. The number of carboxylic acids is 1. The predicted molar refractivity (Wildman–Crippen MR) is 138 cm³/mol. The molecule has 0 radical (unpaired) electrons. The lowest BCUT2D eigenvalue weighted by Gasteiger charge is -2.19. The summed E-state index contributed by atoms with van der Waals surface area (Å²) in [6.45, 7) is 2.46. The number of benzene rings is 1. The molecule has 0 amide bonds. The Hall–Kier alpha value is -3.47. The zero-order valence-corrected chi connectivity index (χ0v) is 21.1. The summed E-state index contributed by atoms with van der Waals surface area (Å²) in [4.78, 5) is 41.5. The van der Waals surface area contributed by atoms with Crippen LogP contribution in [0.5, 0.6) is 5.75 Å². The Bertz CT molecular complexity index is 1610. The van der Waals surface area contributed by atoms with E-state index in [0.29, 0.717) is 23.7 Å². The van der Waals surface area contributed by atoms with Crippen molar-refractivity contribution in [2.24, 2.45) is 7.05 Å². The summed E-state index contributed by atoms with van der Waals surface area (Å²) in [7, 11) is 1.60. The van der Waals surface area contributed by atoms with Crippen molar-refractivity contribution in [3.63, 3.8) is 0 Å². The maximum atomic E-state index is 12.5. The minimum atomic E-state index is -0.900. The molecule has 2 N–H and O–H groups in total. The van der Waals surface area contributed by atoms with Gasteiger partial charge in [-0.1, -0.05) is 11.6 Å². The number of rotatable bonds is 6. The van der Waals surface area contributed by atoms with Crippen molar-refractivity contribution in [1.29, 1.82) is 0 Å². The third kappa shape index (κ3) is 4.55. The number of fused-ring (bicyclic) bond motifs is 1. The molecule has 5 rings (SSSR count). The first-order valence-electron chi connectivity index (χ1n) is 11.3. The molecule has 0 bridgehead atoms. The van der Waals surface area contributed by atoms with Crippen molar-refractivity contribution in [2.45, 2.75) is 32.0 Å². The fourth-order valence-electron chi connectivity index (χ4n) is 4.43. The molecule has 0 spiro atoms. The first-order chi connectivity index (χ1) is 17.2. The number of thiophene rings is 1. The number of hydrogen-bond donors (Lipinski definition) is 2. The van der Waals surface area contributed by atoms with Crippen LogP contribution in [0.1, 0.15) is 16.9 Å². The Morgan fingerprint density at radius 3 is 2.83 bits per heavy atom. The Kier molecular flexibility index (Phi) is 6.42. The van der Waals surface area contributed by atoms with Crippen molar-refractivity contribution < 1.29 is 14.6 Å². The van der Waals surface area contributed by atoms with Crippen molar-refractivity contribution in [3.8, 4) is 16.9 Å². The highest BCUT2D eigenvalue weighted by Crippen LogP contribution is 2.42. The van der Waals surface area contributed by atoms with Gasteiger partial charge >= 0.3 is 11.7 Å². The van der Waals surface area contributed by atoms with Crippen molar-refractivity contribution in [1.82, 2.24) is 19.4 Å². The van der Waals surface area contributed by atoms with E-state index in [1.54, 1.807) is 13.2 Å². The van der Waals surface area contributed by atoms with Crippen LogP contribution in [0.25, 0.3) is 21.3 Å². The number of carboxylic acid groups (broad SMARTS) is 1. The second kappa shape index (κ2) is 9.53. The smallest absolute Gasteiger partial charge is 0.331 e. The van der Waals surface area contributed by atoms with E-state index in [-0.39, 0.29) is 23.9 Å². The average Bonchev–Trinajstić information content (AvgIpc) is 3.47. The van der Waals surface area contributed by atoms with Gasteiger partial charge in [0.05, 0.1) is 16.8 Å². The zero-order chi connectivity index (χ0) is 25.6. The van der Waals surface area contributed by atoms with Gasteiger partial charge in [0.25, 0.3) is 5.56 Å². The number of hydrogen-bond acceptors (Lipinski definition) is 7. The van der Waals surface area contributed by atoms with Crippen LogP contribution < -0.4 is 21.3 Å². The Balaban J connectivity index is 1.56. The van der Waals surface area contributed by atoms with Gasteiger partial charge in [0, 0.05) is 59.5 Å². The molecule has 1 aliphatic heterocycles. The molecule has 4 heterocycles. The number of aromatic nitrogens is 3. The second-order valence-corrected chi connectivity index (χ2v) is 10.4. The number of pyridine rings is 1. The maximum Gasteiger partial charge on any atom is 0.331 e. The van der Waals surface area contributed by atoms with Gasteiger partial charge in [0.15, 0.2) is 0 Å². The van der Waals surface area contributed by atoms with Gasteiger partial charge in [-0.2, -0.15) is 0 Å². The molecule has 1 saturated heterocycles. The number of ether oxygens (including phenoxy) is 1. The molecule has 2 atom stereocenters. The normalized spacial score (nSPS) is 17.5. The van der Waals surface area contributed by atoms with Crippen LogP contribution in [0.4, 0.5) is 0 Å². The molecular weight excluding hydrogens is 504 g/mol. The monoisotopic (exact) mass is 526 g/mol. The fraction of sp³-hybridized carbons (Fsp3) is 0.280. The molecular formula is C25H23ClN4O5S. The Morgan fingerprint density at radius 1 is 1.28 bits per heavy atom. The van der Waals surface area contributed by atoms with Crippen LogP contribution in [0.3, 0.4) is 0 Å². The third-order valence-electron chi connectivity index (χ3n) is 6.22. The largest absolute Gasteiger partial charge is 0.488 e. The lowest BCUT2D eigenvalue weighted by atomic mass is 10.0. The summed E-state index contributed by atoms with van der Waals surface area (Å²) in [6, 6.07) is 8.11. The summed E-state index contributed by atoms with van der Waals surface area (Å²) < 4.78 is 9.76. The van der Waals surface area contributed by atoms with Crippen LogP contribution in [-0.2, 0) is 18.4 Å². The molecule has 1 aliphatic rings. The summed E-state index contributed by atoms with van der Waals surface area (Å²) in [5.74, 6) is -0.267. The van der Waals surface area contributed by atoms with Crippen molar-refractivity contribution in [3.05, 3.63) is 79.0 Å². The lowest BCUT2D eigenvalue weighted by molar-refractivity contribution is -0.139. The van der Waals surface area contributed by atoms with E-state index in [0.717, 1.165) is 31.8 Å². The van der Waals surface area contributed by atoms with Gasteiger partial charge in [0.1, 0.15) is 17.9 Å². The number of aryl methyl sites for hydroxylation is 2. The number of halogens is 1. The highest BCUT2D eigenvalue weighted by Gasteiger charge is 2.31. The highest BCUT2D eigenvalue weighted by molar-refractivity contribution is 7.19. The molecule has 4 aromatic rings. The van der Waals surface area contributed by atoms with Crippen LogP contribution in [-0.4, -0.2) is 43.9 Å². The molecule has 1 fully saturated rings. The van der Waals surface area contributed by atoms with E-state index in [2.05, 4.69) is 10.3 Å². The van der Waals surface area contributed by atoms with E-state index in [1.807, 2.05) is 31.2 Å². The van der Waals surface area contributed by atoms with Gasteiger partial charge in [-0.15, -0.1) is 11.3 Å². The predicted octanol–water partition coefficient (Wildman–Crippen LogP) is 3.03. The van der Waals surface area contributed by atoms with Crippen LogP contribution in [0, 0.1) is 6.92 Å². The Labute approximate surface area is 214 Å². The van der Waals surface area contributed by atoms with E-state index < -0.39 is 12.0 Å². The molecule has 1 aromatic carbocycles. The minimum absolute atomic E-state index is 0.134. The Morgan fingerprint density at radius 2 is 2.08 bits per heavy atom. The first kappa shape index (κ1) is 24.2. The highest BCUT2D eigenvalue weighted by atomic mass is 35.5. The summed E-state index contributed by atoms with van der Waals surface area (Å²) >= 11 is 7.88. The minimum Gasteiger partial charge on any atom is -0.488 e. The zero-order valence-electron chi connectivity index (χ0n) is 19.5. The number of aliphatic carboxylic acids is 1. The van der Waals surface area contributed by atoms with Crippen LogP contribution in [0.15, 0.2) is 52.3 Å². The third-order valence-corrected chi connectivity index (χ3v) is 7.58. The average molecular weight is 527 g/mol. The molecule has 9 nitrogen and oxygen atoms in total. The fourth-order valence-corrected chi connectivity index (χ4v) is 5.83. The van der Waals surface area contributed by atoms with Crippen molar-refractivity contribution in [2.75, 3.05) is 6.54 Å². The standard InChI is InChI=1S/C25H23ClN4O5S/c1-13-7-14(26)8-18(22(13)35-15-9-20(24(32)33)28-11-15)17-3-5-27-19-10-16(36-23(17)19)12-30-21(31)4-6-29(2)25(30)34/h3-8,10,15,20,28H,9,11-12H2,1-2H3,(H,32,33)/t15-,20+/m1/s1. The molecule has 186 valence electrons. The van der Waals surface area contributed by atoms with E-state index >= 15 is 0 Å². The molecule has 11 heteroatoms. The van der Waals surface area contributed by atoms with Gasteiger partial charge in [-0.3, -0.25) is 19.1 Å². The molecule has 36 heavy (non-hydrogen) atoms. The van der Waals surface area contributed by atoms with Crippen molar-refractivity contribution >= 4 is 39.1 Å². The van der Waals surface area contributed by atoms with Gasteiger partial charge in [-0.25, -0.2) is 4.79 Å². The lowest BCUT2D eigenvalue weighted by Crippen LogP contribution is -2.37. The van der Waals surface area contributed by atoms with Crippen LogP contribution >= 0.6 is 22.9 Å². The van der Waals surface area contributed by atoms with E-state index in [9.17, 15) is 19.5 Å². The molecule has 0 saturated carbocycles. The SMILES string of the molecule is Cc1cc(Cl)cc(-c2ccnc3cc(Cn4c(=O)ccn(C)c4=O)sc23)c1O[C@H]1CN[C@H](C(=O)O)C1. The summed E-state index contributed by atoms with van der Waals surface area (Å²) in [5, 5.41) is 12.8. The maximum absolute atomic E-state index is 12.5. The van der Waals surface area contributed by atoms with Gasteiger partial charge < -0.3 is 19.7 Å². The summed E-state index contributed by atoms with van der Waals surface area (Å²) in [5.41, 5.74) is 2.43. The molecule has 3 aromatic heterocycles. The second-order valence-electron chi connectivity index (χ2n) is 8.79. The first-order valence-corrected chi connectivity index (χ1v) is 12.5.